The van der Waals surface area contributed by atoms with Crippen LogP contribution in [0.1, 0.15) is 5.56 Å². The number of benzene rings is 1. The van der Waals surface area contributed by atoms with Crippen LogP contribution in [0.4, 0.5) is 9.93 Å². The Morgan fingerprint density at radius 1 is 1.33 bits per heavy atom. The zero-order chi connectivity index (χ0) is 16.9. The van der Waals surface area contributed by atoms with Crippen LogP contribution >= 0.6 is 23.1 Å². The van der Waals surface area contributed by atoms with Crippen molar-refractivity contribution >= 4 is 51.4 Å². The second-order valence-corrected chi connectivity index (χ2v) is 6.47. The van der Waals surface area contributed by atoms with Crippen LogP contribution in [0, 0.1) is 0 Å². The highest BCUT2D eigenvalue weighted by atomic mass is 32.2. The number of imide groups is 1. The highest BCUT2D eigenvalue weighted by Crippen LogP contribution is 2.29. The van der Waals surface area contributed by atoms with E-state index in [1.165, 1.54) is 11.3 Å². The third kappa shape index (κ3) is 4.00. The van der Waals surface area contributed by atoms with Crippen LogP contribution in [0.2, 0.25) is 0 Å². The molecule has 3 rings (SSSR count). The first kappa shape index (κ1) is 16.2. The number of carbonyl (C=O) groups is 3. The van der Waals surface area contributed by atoms with Gasteiger partial charge in [-0.25, -0.2) is 4.98 Å². The van der Waals surface area contributed by atoms with Gasteiger partial charge in [-0.3, -0.25) is 25.0 Å². The molecule has 1 saturated heterocycles. The van der Waals surface area contributed by atoms with E-state index in [4.69, 9.17) is 4.74 Å². The first-order valence-corrected chi connectivity index (χ1v) is 8.47. The molecule has 1 aromatic heterocycles. The first-order valence-electron chi connectivity index (χ1n) is 6.78. The normalized spacial score (nSPS) is 15.4. The second kappa shape index (κ2) is 7.28. The van der Waals surface area contributed by atoms with Gasteiger partial charge in [0.25, 0.3) is 17.1 Å². The van der Waals surface area contributed by atoms with Gasteiger partial charge in [-0.05, 0) is 23.9 Å². The topological polar surface area (TPSA) is 97.4 Å². The summed E-state index contributed by atoms with van der Waals surface area (Å²) in [5.41, 5.74) is 0.604. The second-order valence-electron chi connectivity index (χ2n) is 4.56. The van der Waals surface area contributed by atoms with E-state index in [9.17, 15) is 14.4 Å². The lowest BCUT2D eigenvalue weighted by molar-refractivity contribution is -0.118. The minimum atomic E-state index is -0.443. The molecule has 2 N–H and O–H groups in total. The summed E-state index contributed by atoms with van der Waals surface area (Å²) in [5, 5.41) is 6.64. The maximum Gasteiger partial charge on any atom is 0.290 e. The lowest BCUT2D eigenvalue weighted by Crippen LogP contribution is -2.20. The molecule has 0 aliphatic carbocycles. The van der Waals surface area contributed by atoms with E-state index in [-0.39, 0.29) is 17.4 Å². The quantitative estimate of drug-likeness (QED) is 0.794. The molecule has 2 aromatic rings. The third-order valence-corrected chi connectivity index (χ3v) is 4.38. The van der Waals surface area contributed by atoms with E-state index in [2.05, 4.69) is 15.6 Å². The number of para-hydroxylation sites is 1. The Hall–Kier alpha value is -2.65. The molecule has 0 atom stereocenters. The number of aromatic nitrogens is 1. The summed E-state index contributed by atoms with van der Waals surface area (Å²) in [5.74, 6) is -0.344. The van der Waals surface area contributed by atoms with Crippen LogP contribution in [0.3, 0.4) is 0 Å². The monoisotopic (exact) mass is 361 g/mol. The zero-order valence-electron chi connectivity index (χ0n) is 12.1. The Labute approximate surface area is 145 Å². The summed E-state index contributed by atoms with van der Waals surface area (Å²) in [6.45, 7) is -0.196. The van der Waals surface area contributed by atoms with Crippen molar-refractivity contribution in [2.24, 2.45) is 0 Å². The molecular weight excluding hydrogens is 350 g/mol. The molecule has 9 heteroatoms. The van der Waals surface area contributed by atoms with Gasteiger partial charge in [0.05, 0.1) is 4.91 Å². The standard InChI is InChI=1S/C15H11N3O4S2/c19-12(17-14-16-5-6-23-14)8-22-10-4-2-1-3-9(10)7-11-13(20)18-15(21)24-11/h1-7H,8H2,(H,16,17,19)(H,18,20,21)/b11-7-. The average molecular weight is 361 g/mol. The number of thiazole rings is 1. The molecule has 1 fully saturated rings. The predicted octanol–water partition coefficient (Wildman–Crippen LogP) is 2.48. The molecule has 0 spiro atoms. The molecule has 3 amide bonds. The van der Waals surface area contributed by atoms with Crippen molar-refractivity contribution in [1.82, 2.24) is 10.3 Å². The van der Waals surface area contributed by atoms with Crippen LogP contribution < -0.4 is 15.4 Å². The van der Waals surface area contributed by atoms with E-state index in [0.29, 0.717) is 16.4 Å². The number of nitrogens with one attached hydrogen (secondary N) is 2. The fraction of sp³-hybridized carbons (Fsp3) is 0.0667. The van der Waals surface area contributed by atoms with Gasteiger partial charge in [0.1, 0.15) is 5.75 Å². The highest BCUT2D eigenvalue weighted by molar-refractivity contribution is 8.18. The summed E-state index contributed by atoms with van der Waals surface area (Å²) in [6.07, 6.45) is 3.15. The van der Waals surface area contributed by atoms with Gasteiger partial charge in [-0.15, -0.1) is 11.3 Å². The molecule has 0 radical (unpaired) electrons. The van der Waals surface area contributed by atoms with Crippen molar-refractivity contribution < 1.29 is 19.1 Å². The molecule has 0 bridgehead atoms. The van der Waals surface area contributed by atoms with Crippen LogP contribution in [0.5, 0.6) is 5.75 Å². The fourth-order valence-corrected chi connectivity index (χ4v) is 3.10. The maximum absolute atomic E-state index is 11.8. The third-order valence-electron chi connectivity index (χ3n) is 2.89. The Bertz CT molecular complexity index is 818. The number of carbonyl (C=O) groups excluding carboxylic acids is 3. The first-order chi connectivity index (χ1) is 11.6. The minimum Gasteiger partial charge on any atom is -0.483 e. The van der Waals surface area contributed by atoms with E-state index in [0.717, 1.165) is 11.8 Å². The number of rotatable bonds is 5. The van der Waals surface area contributed by atoms with Crippen molar-refractivity contribution in [2.75, 3.05) is 11.9 Å². The Balaban J connectivity index is 1.68. The Kier molecular flexibility index (Phi) is 4.92. The molecule has 1 aliphatic heterocycles. The van der Waals surface area contributed by atoms with Gasteiger partial charge in [0, 0.05) is 17.1 Å². The summed E-state index contributed by atoms with van der Waals surface area (Å²) in [6, 6.07) is 6.94. The summed E-state index contributed by atoms with van der Waals surface area (Å²) < 4.78 is 5.51. The molecule has 7 nitrogen and oxygen atoms in total. The van der Waals surface area contributed by atoms with Gasteiger partial charge in [-0.1, -0.05) is 18.2 Å². The van der Waals surface area contributed by atoms with Crippen molar-refractivity contribution in [3.63, 3.8) is 0 Å². The average Bonchev–Trinajstić information content (AvgIpc) is 3.16. The molecule has 1 aliphatic rings. The molecule has 0 saturated carbocycles. The zero-order valence-corrected chi connectivity index (χ0v) is 13.8. The van der Waals surface area contributed by atoms with Crippen molar-refractivity contribution in [3.8, 4) is 5.75 Å². The predicted molar refractivity (Wildman–Crippen MR) is 91.8 cm³/mol. The molecule has 24 heavy (non-hydrogen) atoms. The summed E-state index contributed by atoms with van der Waals surface area (Å²) >= 11 is 2.13. The fourth-order valence-electron chi connectivity index (χ4n) is 1.88. The number of amides is 3. The molecule has 2 heterocycles. The van der Waals surface area contributed by atoms with Crippen LogP contribution in [0.25, 0.3) is 6.08 Å². The maximum atomic E-state index is 11.8. The number of nitrogens with zero attached hydrogens (tertiary/aromatic N) is 1. The van der Waals surface area contributed by atoms with E-state index >= 15 is 0 Å². The van der Waals surface area contributed by atoms with Crippen molar-refractivity contribution in [2.45, 2.75) is 0 Å². The van der Waals surface area contributed by atoms with E-state index in [1.807, 2.05) is 0 Å². The van der Waals surface area contributed by atoms with Crippen molar-refractivity contribution in [1.29, 1.82) is 0 Å². The van der Waals surface area contributed by atoms with Gasteiger partial charge >= 0.3 is 0 Å². The van der Waals surface area contributed by atoms with Crippen LogP contribution in [-0.2, 0) is 9.59 Å². The number of ether oxygens (including phenoxy) is 1. The summed E-state index contributed by atoms with van der Waals surface area (Å²) in [4.78, 5) is 38.9. The van der Waals surface area contributed by atoms with Gasteiger partial charge in [-0.2, -0.15) is 0 Å². The number of hydrogen-bond acceptors (Lipinski definition) is 7. The molecule has 1 aromatic carbocycles. The number of hydrogen-bond donors (Lipinski definition) is 2. The van der Waals surface area contributed by atoms with Gasteiger partial charge < -0.3 is 4.74 Å². The van der Waals surface area contributed by atoms with Crippen LogP contribution in [0.15, 0.2) is 40.7 Å². The molecule has 122 valence electrons. The number of anilines is 1. The van der Waals surface area contributed by atoms with Gasteiger partial charge in [0.15, 0.2) is 11.7 Å². The minimum absolute atomic E-state index is 0.196. The van der Waals surface area contributed by atoms with Crippen molar-refractivity contribution in [3.05, 3.63) is 46.3 Å². The molecular formula is C15H11N3O4S2. The lowest BCUT2D eigenvalue weighted by atomic mass is 10.2. The van der Waals surface area contributed by atoms with Crippen LogP contribution in [-0.4, -0.2) is 28.6 Å². The number of thioether (sulfide) groups is 1. The van der Waals surface area contributed by atoms with Gasteiger partial charge in [0.2, 0.25) is 0 Å². The van der Waals surface area contributed by atoms with E-state index in [1.54, 1.807) is 41.9 Å². The highest BCUT2D eigenvalue weighted by Gasteiger charge is 2.25. The Morgan fingerprint density at radius 2 is 2.17 bits per heavy atom. The SMILES string of the molecule is O=C(COc1ccccc1/C=C1\SC(=O)NC1=O)Nc1nccs1. The Morgan fingerprint density at radius 3 is 2.88 bits per heavy atom. The lowest BCUT2D eigenvalue weighted by Gasteiger charge is -2.09. The molecule has 0 unspecified atom stereocenters. The smallest absolute Gasteiger partial charge is 0.290 e. The summed E-state index contributed by atoms with van der Waals surface area (Å²) in [7, 11) is 0. The largest absolute Gasteiger partial charge is 0.483 e. The van der Waals surface area contributed by atoms with E-state index < -0.39 is 11.1 Å².